The minimum Gasteiger partial charge on any atom is -0.456 e. The third-order valence-electron chi connectivity index (χ3n) is 5.07. The lowest BCUT2D eigenvalue weighted by atomic mass is 10.1. The monoisotopic (exact) mass is 483 g/mol. The number of amides is 1. The number of ether oxygens (including phenoxy) is 1. The SMILES string of the molecule is Cc1cc(C(=O)COC(=O)[C@H](C)NS(=O)(=O)c2ccccc2)c(C)n1NC(=O)c1ccccc1. The van der Waals surface area contributed by atoms with Crippen molar-refractivity contribution in [2.75, 3.05) is 12.0 Å². The van der Waals surface area contributed by atoms with Gasteiger partial charge in [0.25, 0.3) is 5.91 Å². The van der Waals surface area contributed by atoms with Gasteiger partial charge in [0.05, 0.1) is 4.90 Å². The van der Waals surface area contributed by atoms with Gasteiger partial charge in [-0.1, -0.05) is 36.4 Å². The molecule has 0 spiro atoms. The highest BCUT2D eigenvalue weighted by atomic mass is 32.2. The van der Waals surface area contributed by atoms with Crippen LogP contribution in [0.2, 0.25) is 0 Å². The highest BCUT2D eigenvalue weighted by Gasteiger charge is 2.25. The minimum absolute atomic E-state index is 0.00992. The molecule has 9 nitrogen and oxygen atoms in total. The van der Waals surface area contributed by atoms with Crippen LogP contribution in [0, 0.1) is 13.8 Å². The predicted molar refractivity (Wildman–Crippen MR) is 126 cm³/mol. The van der Waals surface area contributed by atoms with Crippen LogP contribution in [0.15, 0.2) is 71.6 Å². The van der Waals surface area contributed by atoms with Crippen molar-refractivity contribution in [3.63, 3.8) is 0 Å². The van der Waals surface area contributed by atoms with E-state index in [4.69, 9.17) is 4.74 Å². The molecule has 2 aromatic carbocycles. The summed E-state index contributed by atoms with van der Waals surface area (Å²) < 4.78 is 33.5. The van der Waals surface area contributed by atoms with Crippen LogP contribution in [-0.2, 0) is 19.6 Å². The van der Waals surface area contributed by atoms with Gasteiger partial charge in [0.1, 0.15) is 6.04 Å². The standard InChI is InChI=1S/C24H25N3O6S/c1-16-14-21(18(3)27(16)25-23(29)19-10-6-4-7-11-19)22(28)15-33-24(30)17(2)26-34(31,32)20-12-8-5-9-13-20/h4-14,17,26H,15H2,1-3H3,(H,25,29)/t17-/m0/s1. The molecule has 0 radical (unpaired) electrons. The van der Waals surface area contributed by atoms with Crippen molar-refractivity contribution in [3.8, 4) is 0 Å². The molecule has 1 heterocycles. The number of carbonyl (C=O) groups excluding carboxylic acids is 3. The van der Waals surface area contributed by atoms with Gasteiger partial charge in [-0.2, -0.15) is 4.72 Å². The molecule has 0 unspecified atom stereocenters. The Bertz CT molecular complexity index is 1300. The van der Waals surface area contributed by atoms with E-state index < -0.39 is 34.4 Å². The van der Waals surface area contributed by atoms with Crippen molar-refractivity contribution >= 4 is 27.7 Å². The van der Waals surface area contributed by atoms with E-state index in [1.54, 1.807) is 68.4 Å². The lowest BCUT2D eigenvalue weighted by molar-refractivity contribution is -0.144. The first kappa shape index (κ1) is 24.9. The van der Waals surface area contributed by atoms with Crippen molar-refractivity contribution in [1.82, 2.24) is 9.40 Å². The maximum Gasteiger partial charge on any atom is 0.324 e. The lowest BCUT2D eigenvalue weighted by Crippen LogP contribution is -2.40. The van der Waals surface area contributed by atoms with E-state index in [0.29, 0.717) is 17.0 Å². The number of Topliss-reactive ketones (excluding diaryl/α,β-unsaturated/α-hetero) is 1. The molecular weight excluding hydrogens is 458 g/mol. The van der Waals surface area contributed by atoms with Gasteiger partial charge in [-0.3, -0.25) is 24.5 Å². The average molecular weight is 484 g/mol. The molecule has 0 saturated carbocycles. The molecular formula is C24H25N3O6S. The number of nitrogens with zero attached hydrogens (tertiary/aromatic N) is 1. The molecule has 1 amide bonds. The number of rotatable bonds is 9. The number of sulfonamides is 1. The summed E-state index contributed by atoms with van der Waals surface area (Å²) in [5, 5.41) is 0. The molecule has 0 bridgehead atoms. The molecule has 3 aromatic rings. The Morgan fingerprint density at radius 3 is 2.18 bits per heavy atom. The molecule has 0 aliphatic carbocycles. The summed E-state index contributed by atoms with van der Waals surface area (Å²) in [6.07, 6.45) is 0. The maximum absolute atomic E-state index is 12.7. The number of nitrogens with one attached hydrogen (secondary N) is 2. The fraction of sp³-hybridized carbons (Fsp3) is 0.208. The Labute approximate surface area is 197 Å². The number of benzene rings is 2. The van der Waals surface area contributed by atoms with Crippen molar-refractivity contribution < 1.29 is 27.5 Å². The van der Waals surface area contributed by atoms with E-state index >= 15 is 0 Å². The van der Waals surface area contributed by atoms with Crippen LogP contribution in [0.3, 0.4) is 0 Å². The van der Waals surface area contributed by atoms with E-state index in [0.717, 1.165) is 0 Å². The smallest absolute Gasteiger partial charge is 0.324 e. The van der Waals surface area contributed by atoms with E-state index in [-0.39, 0.29) is 16.4 Å². The van der Waals surface area contributed by atoms with Gasteiger partial charge in [-0.15, -0.1) is 0 Å². The topological polar surface area (TPSA) is 124 Å². The minimum atomic E-state index is -3.92. The Balaban J connectivity index is 1.62. The lowest BCUT2D eigenvalue weighted by Gasteiger charge is -2.14. The second-order valence-corrected chi connectivity index (χ2v) is 9.33. The normalized spacial score (nSPS) is 12.1. The van der Waals surface area contributed by atoms with Crippen molar-refractivity contribution in [2.24, 2.45) is 0 Å². The second kappa shape index (κ2) is 10.4. The van der Waals surface area contributed by atoms with Crippen LogP contribution in [-0.4, -0.2) is 43.4 Å². The Morgan fingerprint density at radius 2 is 1.56 bits per heavy atom. The van der Waals surface area contributed by atoms with Crippen LogP contribution >= 0.6 is 0 Å². The average Bonchev–Trinajstić information content (AvgIpc) is 3.11. The van der Waals surface area contributed by atoms with Gasteiger partial charge >= 0.3 is 5.97 Å². The van der Waals surface area contributed by atoms with Gasteiger partial charge in [-0.05, 0) is 51.1 Å². The second-order valence-electron chi connectivity index (χ2n) is 7.61. The number of aromatic nitrogens is 1. The van der Waals surface area contributed by atoms with Crippen LogP contribution < -0.4 is 10.1 Å². The number of aryl methyl sites for hydroxylation is 1. The molecule has 10 heteroatoms. The van der Waals surface area contributed by atoms with Gasteiger partial charge < -0.3 is 4.74 Å². The summed E-state index contributed by atoms with van der Waals surface area (Å²) in [5.74, 6) is -1.72. The zero-order valence-corrected chi connectivity index (χ0v) is 19.8. The summed E-state index contributed by atoms with van der Waals surface area (Å²) in [5.41, 5.74) is 4.56. The molecule has 0 aliphatic rings. The summed E-state index contributed by atoms with van der Waals surface area (Å²) in [6, 6.07) is 16.6. The van der Waals surface area contributed by atoms with Gasteiger partial charge in [0.15, 0.2) is 6.61 Å². The van der Waals surface area contributed by atoms with Crippen molar-refractivity contribution in [3.05, 3.63) is 89.2 Å². The van der Waals surface area contributed by atoms with Crippen molar-refractivity contribution in [2.45, 2.75) is 31.7 Å². The fourth-order valence-electron chi connectivity index (χ4n) is 3.26. The quantitative estimate of drug-likeness (QED) is 0.356. The zero-order valence-electron chi connectivity index (χ0n) is 18.9. The molecule has 1 aromatic heterocycles. The number of ketones is 1. The number of esters is 1. The summed E-state index contributed by atoms with van der Waals surface area (Å²) in [7, 11) is -3.92. The third kappa shape index (κ3) is 5.77. The molecule has 3 rings (SSSR count). The first-order valence-corrected chi connectivity index (χ1v) is 11.9. The van der Waals surface area contributed by atoms with E-state index in [1.807, 2.05) is 0 Å². The third-order valence-corrected chi connectivity index (χ3v) is 6.62. The molecule has 34 heavy (non-hydrogen) atoms. The maximum atomic E-state index is 12.7. The van der Waals surface area contributed by atoms with Gasteiger partial charge in [0, 0.05) is 22.5 Å². The molecule has 2 N–H and O–H groups in total. The largest absolute Gasteiger partial charge is 0.456 e. The van der Waals surface area contributed by atoms with Gasteiger partial charge in [-0.25, -0.2) is 8.42 Å². The number of hydrogen-bond donors (Lipinski definition) is 2. The van der Waals surface area contributed by atoms with E-state index in [9.17, 15) is 22.8 Å². The summed E-state index contributed by atoms with van der Waals surface area (Å²) in [6.45, 7) is 4.14. The van der Waals surface area contributed by atoms with Crippen LogP contribution in [0.25, 0.3) is 0 Å². The molecule has 0 saturated heterocycles. The number of hydrogen-bond acceptors (Lipinski definition) is 6. The highest BCUT2D eigenvalue weighted by molar-refractivity contribution is 7.89. The van der Waals surface area contributed by atoms with E-state index in [1.165, 1.54) is 23.7 Å². The van der Waals surface area contributed by atoms with Gasteiger partial charge in [0.2, 0.25) is 15.8 Å². The van der Waals surface area contributed by atoms with Crippen LogP contribution in [0.5, 0.6) is 0 Å². The fourth-order valence-corrected chi connectivity index (χ4v) is 4.47. The number of carbonyl (C=O) groups is 3. The highest BCUT2D eigenvalue weighted by Crippen LogP contribution is 2.15. The molecule has 0 fully saturated rings. The molecule has 178 valence electrons. The zero-order chi connectivity index (χ0) is 24.9. The first-order chi connectivity index (χ1) is 16.1. The van der Waals surface area contributed by atoms with E-state index in [2.05, 4.69) is 10.1 Å². The Morgan fingerprint density at radius 1 is 0.971 bits per heavy atom. The Kier molecular flexibility index (Phi) is 7.64. The predicted octanol–water partition coefficient (Wildman–Crippen LogP) is 2.58. The summed E-state index contributed by atoms with van der Waals surface area (Å²) in [4.78, 5) is 37.4. The summed E-state index contributed by atoms with van der Waals surface area (Å²) >= 11 is 0. The Hall–Kier alpha value is -3.76. The first-order valence-electron chi connectivity index (χ1n) is 10.4. The molecule has 0 aliphatic heterocycles. The molecule has 1 atom stereocenters. The van der Waals surface area contributed by atoms with Crippen molar-refractivity contribution in [1.29, 1.82) is 0 Å². The van der Waals surface area contributed by atoms with Crippen LogP contribution in [0.4, 0.5) is 0 Å². The van der Waals surface area contributed by atoms with Crippen LogP contribution in [0.1, 0.15) is 39.0 Å².